The number of alkyl halides is 6. The van der Waals surface area contributed by atoms with E-state index in [0.29, 0.717) is 115 Å². The molecule has 0 saturated carbocycles. The fourth-order valence-corrected chi connectivity index (χ4v) is 23.6. The number of ether oxygens (including phenoxy) is 11. The maximum Gasteiger partial charge on any atom is 0.494 e. The number of halogens is 10. The third-order valence-corrected chi connectivity index (χ3v) is 36.8. The molecule has 0 spiro atoms. The van der Waals surface area contributed by atoms with Gasteiger partial charge in [0.25, 0.3) is 6.01 Å². The van der Waals surface area contributed by atoms with Crippen molar-refractivity contribution in [1.82, 2.24) is 44.0 Å². The number of benzene rings is 6. The number of nitrogens with one attached hydrogen (secondary N) is 1. The molecule has 0 radical (unpaired) electrons. The number of imidazole rings is 3. The van der Waals surface area contributed by atoms with Gasteiger partial charge in [-0.15, -0.1) is 0 Å². The van der Waals surface area contributed by atoms with E-state index >= 15 is 13.2 Å². The maximum atomic E-state index is 15.7. The molecule has 44 heteroatoms. The van der Waals surface area contributed by atoms with Crippen molar-refractivity contribution in [3.63, 3.8) is 0 Å². The van der Waals surface area contributed by atoms with E-state index < -0.39 is 117 Å². The Kier molecular flexibility index (Phi) is 33.8. The number of fused-ring (bicyclic) bond motifs is 3. The Morgan fingerprint density at radius 3 is 1.09 bits per heavy atom. The van der Waals surface area contributed by atoms with Gasteiger partial charge in [0.1, 0.15) is 47.8 Å². The number of nitrogens with zero attached hydrogens (tertiary/aromatic N) is 11. The lowest BCUT2D eigenvalue weighted by Crippen LogP contribution is -2.41. The Labute approximate surface area is 854 Å². The van der Waals surface area contributed by atoms with Crippen molar-refractivity contribution in [3.05, 3.63) is 186 Å². The highest BCUT2D eigenvalue weighted by molar-refractivity contribution is 9.10. The van der Waals surface area contributed by atoms with E-state index in [4.69, 9.17) is 61.4 Å². The second-order valence-electron chi connectivity index (χ2n) is 40.0. The molecule has 7 saturated heterocycles. The molecule has 0 bridgehead atoms. The minimum absolute atomic E-state index is 0.00454. The quantitative estimate of drug-likeness (QED) is 0.0206. The van der Waals surface area contributed by atoms with Crippen LogP contribution in [0.15, 0.2) is 181 Å². The van der Waals surface area contributed by atoms with Gasteiger partial charge in [0.2, 0.25) is 0 Å². The largest absolute Gasteiger partial charge is 0.494 e. The summed E-state index contributed by atoms with van der Waals surface area (Å²) < 4.78 is 259. The van der Waals surface area contributed by atoms with Crippen LogP contribution in [0.3, 0.4) is 0 Å². The number of aromatic amines is 1. The minimum atomic E-state index is -3.22. The van der Waals surface area contributed by atoms with Crippen LogP contribution in [0.5, 0.6) is 18.0 Å². The first-order valence-corrected chi connectivity index (χ1v) is 62.4. The third kappa shape index (κ3) is 26.0. The van der Waals surface area contributed by atoms with Gasteiger partial charge in [-0.2, -0.15) is 54.4 Å². The Morgan fingerprint density at radius 2 is 0.740 bits per heavy atom. The maximum absolute atomic E-state index is 15.7. The number of H-pyrrole nitrogens is 1. The fourth-order valence-electron chi connectivity index (χ4n) is 16.8. The summed E-state index contributed by atoms with van der Waals surface area (Å²) in [4.78, 5) is 28.4. The van der Waals surface area contributed by atoms with Crippen LogP contribution in [0.2, 0.25) is 51.4 Å². The van der Waals surface area contributed by atoms with Gasteiger partial charge in [-0.1, -0.05) is 169 Å². The highest BCUT2D eigenvalue weighted by Crippen LogP contribution is 2.44. The van der Waals surface area contributed by atoms with Crippen LogP contribution in [-0.4, -0.2) is 253 Å². The van der Waals surface area contributed by atoms with Crippen LogP contribution in [0.1, 0.15) is 67.7 Å². The van der Waals surface area contributed by atoms with E-state index in [0.717, 1.165) is 56.6 Å². The van der Waals surface area contributed by atoms with Gasteiger partial charge in [0, 0.05) is 58.7 Å². The molecule has 19 rings (SSSR count). The van der Waals surface area contributed by atoms with Crippen molar-refractivity contribution in [1.29, 1.82) is 0 Å². The van der Waals surface area contributed by atoms with Crippen LogP contribution in [0.4, 0.5) is 56.6 Å². The van der Waals surface area contributed by atoms with Gasteiger partial charge in [0.15, 0.2) is 52.7 Å². The Balaban J connectivity index is 0.000000142. The second-order valence-corrected chi connectivity index (χ2v) is 59.7. The molecule has 1 N–H and O–H groups in total. The number of hydrogen-bond acceptors (Lipinski definition) is 25. The summed E-state index contributed by atoms with van der Waals surface area (Å²) in [5, 5.41) is 0. The molecule has 6 atom stereocenters. The zero-order chi connectivity index (χ0) is 104. The molecule has 146 heavy (non-hydrogen) atoms. The highest BCUT2D eigenvalue weighted by Gasteiger charge is 2.58. The molecule has 13 heterocycles. The van der Waals surface area contributed by atoms with Crippen LogP contribution in [0.25, 0.3) is 89.4 Å². The summed E-state index contributed by atoms with van der Waals surface area (Å²) in [6.45, 7) is 29.4. The van der Waals surface area contributed by atoms with E-state index in [1.165, 1.54) is 27.3 Å². The third-order valence-electron chi connectivity index (χ3n) is 26.3. The molecule has 0 unspecified atom stereocenters. The lowest BCUT2D eigenvalue weighted by molar-refractivity contribution is -0.107. The average molecular weight is 2190 g/mol. The zero-order valence-corrected chi connectivity index (χ0v) is 89.6. The van der Waals surface area contributed by atoms with Crippen molar-refractivity contribution >= 4 is 124 Å². The van der Waals surface area contributed by atoms with Crippen LogP contribution < -0.4 is 19.7 Å². The molecule has 12 aromatic rings. The molecule has 7 aliphatic heterocycles. The first-order chi connectivity index (χ1) is 69.3. The van der Waals surface area contributed by atoms with Gasteiger partial charge in [-0.25, -0.2) is 40.7 Å². The van der Waals surface area contributed by atoms with Crippen LogP contribution >= 0.6 is 15.9 Å². The second kappa shape index (κ2) is 45.3. The predicted molar refractivity (Wildman–Crippen MR) is 555 cm³/mol. The minimum Gasteiger partial charge on any atom is -0.452 e. The molecule has 0 amide bonds. The predicted octanol–water partition coefficient (Wildman–Crippen LogP) is 21.9. The Bertz CT molecular complexity index is 6960. The van der Waals surface area contributed by atoms with Crippen molar-refractivity contribution < 1.29 is 114 Å². The monoisotopic (exact) mass is 2180 g/mol. The Morgan fingerprint density at radius 1 is 0.425 bits per heavy atom. The number of aromatic nitrogens is 9. The van der Waals surface area contributed by atoms with Gasteiger partial charge < -0.3 is 66.4 Å². The summed E-state index contributed by atoms with van der Waals surface area (Å²) in [6, 6.07) is 50.7. The van der Waals surface area contributed by atoms with E-state index in [1.807, 2.05) is 97.1 Å². The molecule has 7 aliphatic rings. The van der Waals surface area contributed by atoms with Gasteiger partial charge in [-0.05, 0) is 150 Å². The topological polar surface area (TPSA) is 311 Å². The molecule has 6 aromatic carbocycles. The van der Waals surface area contributed by atoms with Crippen molar-refractivity contribution in [3.8, 4) is 73.9 Å². The van der Waals surface area contributed by atoms with Crippen LogP contribution in [0, 0.1) is 17.5 Å². The van der Waals surface area contributed by atoms with E-state index in [-0.39, 0.29) is 133 Å². The smallest absolute Gasteiger partial charge is 0.452 e. The zero-order valence-electron chi connectivity index (χ0n) is 83.6. The number of hydrogen-bond donors (Lipinski definition) is 1. The summed E-state index contributed by atoms with van der Waals surface area (Å²) in [7, 11) is -9.82. The fraction of sp³-hybridized carbons (Fsp3) is 0.471. The molecule has 784 valence electrons. The van der Waals surface area contributed by atoms with Gasteiger partial charge in [-0.3, -0.25) is 9.13 Å². The van der Waals surface area contributed by atoms with Crippen molar-refractivity contribution in [2.24, 2.45) is 13.1 Å². The Hall–Kier alpha value is -9.62. The normalized spacial score (nSPS) is 21.6. The summed E-state index contributed by atoms with van der Waals surface area (Å²) in [5.41, 5.74) is 10.7. The molecule has 6 aromatic heterocycles. The standard InChI is InChI=1S/C34H41F3N4O5SSi.C28H27F3N4O4S.C22H28BNO4S.C18H25BrF3N3O3Si/c1-5-29-34(36,37)30(21-45-29)46-33-39-32-28(41(33)22-44-16-19-48(2,3)4)20-27(35)31(38-32)25-8-6-23(7-9-25)24-10-12-26(13-11-24)40-47(42)17-14-43-15-18-47;1-2-23-28(30,31)24(16-38-23)39-27-32-22-15-21(29)25(33-26(22)34-27)19-5-3-17(4-6-19)18-7-9-20(10-8-18)35-40(36)13-11-37-12-14-40;1-21(2)22(3,4)28-23(27-21)19-9-5-17(6-10-19)18-7-11-20(12-8-18)24-29(25)15-13-26-14-16-29;1-5-13-18(21,22)14(9-27-13)28-17-24-16-12(8-11(20)15(19)23-16)25(17)10-26-6-7-29(2,3)4/h6-13,20,29-30H,5,14-19,21-22H2,1-4H3;3-10,15,23-24H,2,11-14,16H2,1H3,(H,32,33,34);5-12H,13-16H2,1-4H3;8,13-14H,5-7,9-10H2,1-4H3/t29-,30-;23-,24-;;13-,14-/m11.1/s1. The number of rotatable bonds is 28. The van der Waals surface area contributed by atoms with Crippen LogP contribution in [-0.2, 0) is 89.9 Å². The molecule has 28 nitrogen and oxygen atoms in total. The molecular formula is C102H121BBrF9N12O16S3Si2. The summed E-state index contributed by atoms with van der Waals surface area (Å²) >= 11 is 3.02. The van der Waals surface area contributed by atoms with Crippen molar-refractivity contribution in [2.45, 2.75) is 198 Å². The van der Waals surface area contributed by atoms with Gasteiger partial charge in [0.05, 0.1) is 168 Å². The summed E-state index contributed by atoms with van der Waals surface area (Å²) in [5.74, 6) is -8.58. The van der Waals surface area contributed by atoms with Crippen molar-refractivity contribution in [2.75, 3.05) is 107 Å². The average Bonchev–Trinajstić information content (AvgIpc) is 1.62. The molecule has 0 aliphatic carbocycles. The highest BCUT2D eigenvalue weighted by atomic mass is 79.9. The first kappa shape index (κ1) is 109. The lowest BCUT2D eigenvalue weighted by Gasteiger charge is -2.32. The molecular weight excluding hydrogens is 2060 g/mol. The van der Waals surface area contributed by atoms with E-state index in [2.05, 4.69) is 155 Å². The SMILES string of the molecule is CC1(C)OB(c2ccc(-c3ccc(N=S4(=O)CCOCC4)cc3)cc2)OC1(C)C.CC[C@H]1OC[C@@H](Oc2nc3nc(-c4ccc(-c5ccc(N=S6(=O)CCOCC6)cc5)cc4)c(F)cc3[nH]2)C1(F)F.CC[C@H]1OC[C@@H](Oc2nc3nc(-c4ccc(-c5ccc(N=S6(=O)CCOCC6)cc5)cc4)c(F)cc3n2COCC[Si](C)(C)C)C1(F)F.CC[C@H]1OC[C@@H](Oc2nc3nc(Br)c(F)cc3n2COCC[Si](C)(C)C)C1(F)F. The van der Waals surface area contributed by atoms with E-state index in [1.54, 1.807) is 45.0 Å². The van der Waals surface area contributed by atoms with Gasteiger partial charge >= 0.3 is 36.9 Å². The molecule has 7 fully saturated rings. The number of pyridine rings is 3. The lowest BCUT2D eigenvalue weighted by atomic mass is 9.78. The summed E-state index contributed by atoms with van der Waals surface area (Å²) in [6.07, 6.45) is -7.76. The first-order valence-electron chi connectivity index (χ1n) is 48.7. The van der Waals surface area contributed by atoms with E-state index in [9.17, 15) is 39.0 Å².